The number of amides is 1. The summed E-state index contributed by atoms with van der Waals surface area (Å²) in [6.45, 7) is 5.23. The van der Waals surface area contributed by atoms with E-state index in [1.165, 1.54) is 0 Å². The summed E-state index contributed by atoms with van der Waals surface area (Å²) >= 11 is 0. The van der Waals surface area contributed by atoms with Gasteiger partial charge in [-0.3, -0.25) is 4.79 Å². The Labute approximate surface area is 124 Å². The molecule has 0 aromatic heterocycles. The highest BCUT2D eigenvalue weighted by Gasteiger charge is 2.06. The zero-order chi connectivity index (χ0) is 16.8. The first kappa shape index (κ1) is 21.6. The Bertz CT molecular complexity index is 354. The van der Waals surface area contributed by atoms with Crippen LogP contribution in [0.15, 0.2) is 24.3 Å². The van der Waals surface area contributed by atoms with E-state index in [1.807, 2.05) is 38.1 Å². The van der Waals surface area contributed by atoms with Gasteiger partial charge in [-0.2, -0.15) is 13.2 Å². The molecule has 0 aliphatic carbocycles. The maximum absolute atomic E-state index is 10.9. The number of rotatable bonds is 5. The zero-order valence-electron chi connectivity index (χ0n) is 13.1. The Morgan fingerprint density at radius 2 is 1.57 bits per heavy atom. The highest BCUT2D eigenvalue weighted by molar-refractivity contribution is 5.75. The molecular weight excluding hydrogens is 283 g/mol. The van der Waals surface area contributed by atoms with Crippen molar-refractivity contribution in [2.45, 2.75) is 34.4 Å². The Kier molecular flexibility index (Phi) is 13.6. The minimum atomic E-state index is -3.67. The molecule has 1 rings (SSSR count). The number of hydrogen-bond donors (Lipinski definition) is 0. The standard InChI is InChI=1S/C12H17NO2.C2H6.CHF3/c1-10(2)8-13(9-14)11-4-6-12(15-3)7-5-11;1-2;2-1(3)4/h4-7,9-10H,8H2,1-3H3;1-2H3;1H. The minimum Gasteiger partial charge on any atom is -0.497 e. The van der Waals surface area contributed by atoms with Gasteiger partial charge in [0.05, 0.1) is 7.11 Å². The maximum Gasteiger partial charge on any atom is 0.379 e. The predicted molar refractivity (Wildman–Crippen MR) is 79.7 cm³/mol. The number of carbonyl (C=O) groups is 1. The number of halogens is 3. The van der Waals surface area contributed by atoms with Crippen molar-refractivity contribution >= 4 is 12.1 Å². The molecule has 0 radical (unpaired) electrons. The lowest BCUT2D eigenvalue weighted by Gasteiger charge is -2.19. The molecule has 122 valence electrons. The maximum atomic E-state index is 10.9. The molecule has 0 aliphatic heterocycles. The first-order chi connectivity index (χ1) is 9.90. The molecule has 0 saturated carbocycles. The molecule has 3 nitrogen and oxygen atoms in total. The lowest BCUT2D eigenvalue weighted by molar-refractivity contribution is -0.107. The molecule has 6 heteroatoms. The number of nitrogens with zero attached hydrogens (tertiary/aromatic N) is 1. The quantitative estimate of drug-likeness (QED) is 0.749. The van der Waals surface area contributed by atoms with Crippen LogP contribution < -0.4 is 9.64 Å². The summed E-state index contributed by atoms with van der Waals surface area (Å²) in [5.41, 5.74) is 0.902. The SMILES string of the molecule is CC.COc1ccc(N(C=O)CC(C)C)cc1.FC(F)F. The van der Waals surface area contributed by atoms with Crippen molar-refractivity contribution in [3.63, 3.8) is 0 Å². The number of carbonyl (C=O) groups excluding carboxylic acids is 1. The summed E-state index contributed by atoms with van der Waals surface area (Å²) in [4.78, 5) is 12.6. The molecule has 0 saturated heterocycles. The van der Waals surface area contributed by atoms with E-state index in [0.29, 0.717) is 5.92 Å². The van der Waals surface area contributed by atoms with Crippen molar-refractivity contribution < 1.29 is 22.7 Å². The van der Waals surface area contributed by atoms with Crippen LogP contribution in [-0.2, 0) is 4.79 Å². The molecule has 0 atom stereocenters. The summed E-state index contributed by atoms with van der Waals surface area (Å²) in [5.74, 6) is 1.26. The molecule has 0 aliphatic rings. The molecule has 1 amide bonds. The van der Waals surface area contributed by atoms with Gasteiger partial charge in [-0.05, 0) is 30.2 Å². The smallest absolute Gasteiger partial charge is 0.379 e. The Morgan fingerprint density at radius 1 is 1.14 bits per heavy atom. The Hall–Kier alpha value is -1.72. The van der Waals surface area contributed by atoms with Crippen LogP contribution in [0.25, 0.3) is 0 Å². The molecule has 1 aromatic rings. The average molecular weight is 307 g/mol. The van der Waals surface area contributed by atoms with Gasteiger partial charge in [0.15, 0.2) is 0 Å². The monoisotopic (exact) mass is 307 g/mol. The fourth-order valence-electron chi connectivity index (χ4n) is 1.38. The molecule has 1 aromatic carbocycles. The normalized spacial score (nSPS) is 9.24. The fraction of sp³-hybridized carbons (Fsp3) is 0.533. The van der Waals surface area contributed by atoms with Crippen LogP contribution >= 0.6 is 0 Å². The zero-order valence-corrected chi connectivity index (χ0v) is 13.1. The number of ether oxygens (including phenoxy) is 1. The Morgan fingerprint density at radius 3 is 1.86 bits per heavy atom. The largest absolute Gasteiger partial charge is 0.497 e. The van der Waals surface area contributed by atoms with Gasteiger partial charge in [-0.1, -0.05) is 27.7 Å². The van der Waals surface area contributed by atoms with Crippen molar-refractivity contribution in [2.24, 2.45) is 5.92 Å². The lowest BCUT2D eigenvalue weighted by Crippen LogP contribution is -2.25. The molecule has 21 heavy (non-hydrogen) atoms. The van der Waals surface area contributed by atoms with E-state index in [2.05, 4.69) is 13.8 Å². The number of benzene rings is 1. The first-order valence-corrected chi connectivity index (χ1v) is 6.69. The van der Waals surface area contributed by atoms with Crippen molar-refractivity contribution in [1.29, 1.82) is 0 Å². The molecule has 0 N–H and O–H groups in total. The molecule has 0 unspecified atom stereocenters. The molecule has 0 heterocycles. The van der Waals surface area contributed by atoms with Crippen LogP contribution in [0.5, 0.6) is 5.75 Å². The third-order valence-electron chi connectivity index (χ3n) is 2.09. The number of methoxy groups -OCH3 is 1. The summed E-state index contributed by atoms with van der Waals surface area (Å²) in [5, 5.41) is 0. The van der Waals surface area contributed by atoms with Gasteiger partial charge >= 0.3 is 6.68 Å². The van der Waals surface area contributed by atoms with Gasteiger partial charge < -0.3 is 9.64 Å². The van der Waals surface area contributed by atoms with E-state index in [4.69, 9.17) is 4.74 Å². The Balaban J connectivity index is 0. The predicted octanol–water partition coefficient (Wildman–Crippen LogP) is 4.52. The van der Waals surface area contributed by atoms with Crippen LogP contribution in [0.2, 0.25) is 0 Å². The third kappa shape index (κ3) is 11.8. The highest BCUT2D eigenvalue weighted by Crippen LogP contribution is 2.18. The summed E-state index contributed by atoms with van der Waals surface area (Å²) < 4.78 is 34.1. The second-order valence-electron chi connectivity index (χ2n) is 4.10. The molecular formula is C15H24F3NO2. The molecule has 0 fully saturated rings. The van der Waals surface area contributed by atoms with Gasteiger partial charge in [0, 0.05) is 12.2 Å². The van der Waals surface area contributed by atoms with Crippen LogP contribution in [0, 0.1) is 5.92 Å². The summed E-state index contributed by atoms with van der Waals surface area (Å²) in [6.07, 6.45) is 0.863. The van der Waals surface area contributed by atoms with Crippen LogP contribution in [0.1, 0.15) is 27.7 Å². The van der Waals surface area contributed by atoms with E-state index in [-0.39, 0.29) is 0 Å². The topological polar surface area (TPSA) is 29.5 Å². The summed E-state index contributed by atoms with van der Waals surface area (Å²) in [7, 11) is 1.63. The fourth-order valence-corrected chi connectivity index (χ4v) is 1.38. The van der Waals surface area contributed by atoms with Crippen molar-refractivity contribution in [3.8, 4) is 5.75 Å². The second kappa shape index (κ2) is 13.3. The lowest BCUT2D eigenvalue weighted by atomic mass is 10.2. The number of alkyl halides is 3. The minimum absolute atomic E-state index is 0.456. The van der Waals surface area contributed by atoms with Gasteiger partial charge in [0.25, 0.3) is 0 Å². The van der Waals surface area contributed by atoms with E-state index < -0.39 is 6.68 Å². The van der Waals surface area contributed by atoms with Gasteiger partial charge in [-0.15, -0.1) is 0 Å². The number of anilines is 1. The molecule has 0 bridgehead atoms. The summed E-state index contributed by atoms with van der Waals surface area (Å²) in [6, 6.07) is 7.48. The highest BCUT2D eigenvalue weighted by atomic mass is 19.4. The third-order valence-corrected chi connectivity index (χ3v) is 2.09. The van der Waals surface area contributed by atoms with Gasteiger partial charge in [-0.25, -0.2) is 0 Å². The van der Waals surface area contributed by atoms with E-state index in [0.717, 1.165) is 24.4 Å². The van der Waals surface area contributed by atoms with Crippen molar-refractivity contribution in [1.82, 2.24) is 0 Å². The van der Waals surface area contributed by atoms with Gasteiger partial charge in [0.1, 0.15) is 5.75 Å². The van der Waals surface area contributed by atoms with E-state index in [9.17, 15) is 18.0 Å². The van der Waals surface area contributed by atoms with Crippen LogP contribution in [0.4, 0.5) is 18.9 Å². The second-order valence-corrected chi connectivity index (χ2v) is 4.10. The van der Waals surface area contributed by atoms with Crippen LogP contribution in [-0.4, -0.2) is 26.7 Å². The number of hydrogen-bond acceptors (Lipinski definition) is 2. The van der Waals surface area contributed by atoms with E-state index >= 15 is 0 Å². The van der Waals surface area contributed by atoms with Crippen LogP contribution in [0.3, 0.4) is 0 Å². The van der Waals surface area contributed by atoms with Crippen molar-refractivity contribution in [2.75, 3.05) is 18.6 Å². The van der Waals surface area contributed by atoms with Crippen molar-refractivity contribution in [3.05, 3.63) is 24.3 Å². The molecule has 0 spiro atoms. The van der Waals surface area contributed by atoms with Gasteiger partial charge in [0.2, 0.25) is 6.41 Å². The average Bonchev–Trinajstić information content (AvgIpc) is 2.46. The van der Waals surface area contributed by atoms with E-state index in [1.54, 1.807) is 12.0 Å². The first-order valence-electron chi connectivity index (χ1n) is 6.69.